The lowest BCUT2D eigenvalue weighted by Gasteiger charge is -2.12. The normalized spacial score (nSPS) is 12.0. The van der Waals surface area contributed by atoms with Crippen LogP contribution < -0.4 is 5.32 Å². The van der Waals surface area contributed by atoms with E-state index in [0.717, 1.165) is 10.2 Å². The number of halogens is 3. The molecule has 6 heteroatoms. The Labute approximate surface area is 116 Å². The molecule has 16 heavy (non-hydrogen) atoms. The number of carbonyl (C=O) groups excluding carboxylic acids is 1. The van der Waals surface area contributed by atoms with Gasteiger partial charge >= 0.3 is 5.97 Å². The molecule has 1 rings (SSSR count). The van der Waals surface area contributed by atoms with Crippen molar-refractivity contribution in [2.24, 2.45) is 0 Å². The third kappa shape index (κ3) is 3.64. The lowest BCUT2D eigenvalue weighted by atomic mass is 10.3. The van der Waals surface area contributed by atoms with Gasteiger partial charge in [-0.3, -0.25) is 4.79 Å². The molecule has 0 bridgehead atoms. The van der Waals surface area contributed by atoms with E-state index in [4.69, 9.17) is 11.6 Å². The van der Waals surface area contributed by atoms with Gasteiger partial charge in [-0.05, 0) is 28.1 Å². The molecule has 0 saturated heterocycles. The van der Waals surface area contributed by atoms with E-state index >= 15 is 0 Å². The van der Waals surface area contributed by atoms with Gasteiger partial charge in [-0.2, -0.15) is 0 Å². The number of esters is 1. The summed E-state index contributed by atoms with van der Waals surface area (Å²) in [7, 11) is 1.35. The maximum Gasteiger partial charge on any atom is 0.321 e. The smallest absolute Gasteiger partial charge is 0.321 e. The highest BCUT2D eigenvalue weighted by Gasteiger charge is 2.15. The first-order chi connectivity index (χ1) is 7.56. The second kappa shape index (κ2) is 6.47. The van der Waals surface area contributed by atoms with Crippen LogP contribution in [0, 0.1) is 0 Å². The van der Waals surface area contributed by atoms with E-state index in [9.17, 15) is 4.79 Å². The number of hydrogen-bond acceptors (Lipinski definition) is 3. The summed E-state index contributed by atoms with van der Waals surface area (Å²) >= 11 is 12.5. The first-order valence-electron chi connectivity index (χ1n) is 4.46. The number of carbonyl (C=O) groups is 1. The minimum absolute atomic E-state index is 0.314. The zero-order valence-corrected chi connectivity index (χ0v) is 12.4. The summed E-state index contributed by atoms with van der Waals surface area (Å²) in [6.07, 6.45) is 0. The van der Waals surface area contributed by atoms with Crippen LogP contribution in [0.4, 0.5) is 5.69 Å². The monoisotopic (exact) mass is 369 g/mol. The average molecular weight is 371 g/mol. The summed E-state index contributed by atoms with van der Waals surface area (Å²) in [6, 6.07) is 5.48. The molecule has 1 N–H and O–H groups in total. The molecule has 1 aromatic rings. The number of ether oxygens (including phenoxy) is 1. The van der Waals surface area contributed by atoms with Gasteiger partial charge in [0.25, 0.3) is 0 Å². The Morgan fingerprint density at radius 2 is 2.31 bits per heavy atom. The van der Waals surface area contributed by atoms with Crippen LogP contribution in [-0.2, 0) is 9.53 Å². The van der Waals surface area contributed by atoms with Crippen molar-refractivity contribution >= 4 is 55.1 Å². The molecule has 0 aromatic heterocycles. The Bertz CT molecular complexity index is 387. The minimum Gasteiger partial charge on any atom is -0.468 e. The Hall–Kier alpha value is -0.260. The van der Waals surface area contributed by atoms with Gasteiger partial charge in [0, 0.05) is 12.2 Å². The number of nitrogens with one attached hydrogen (secondary N) is 1. The van der Waals surface area contributed by atoms with Crippen molar-refractivity contribution in [3.8, 4) is 0 Å². The highest BCUT2D eigenvalue weighted by atomic mass is 79.9. The summed E-state index contributed by atoms with van der Waals surface area (Å²) in [6.45, 7) is 0.422. The molecule has 0 aliphatic rings. The van der Waals surface area contributed by atoms with Crippen LogP contribution in [0.2, 0.25) is 5.02 Å². The topological polar surface area (TPSA) is 38.3 Å². The molecule has 0 heterocycles. The summed E-state index contributed by atoms with van der Waals surface area (Å²) in [4.78, 5) is 10.8. The van der Waals surface area contributed by atoms with Gasteiger partial charge in [0.15, 0.2) is 0 Å². The first-order valence-corrected chi connectivity index (χ1v) is 6.54. The number of hydrogen-bond donors (Lipinski definition) is 1. The van der Waals surface area contributed by atoms with Crippen LogP contribution in [0.15, 0.2) is 22.7 Å². The number of alkyl halides is 1. The highest BCUT2D eigenvalue weighted by molar-refractivity contribution is 9.10. The SMILES string of the molecule is COC(=O)C(Br)CNc1cccc(Cl)c1Br. The average Bonchev–Trinajstić information content (AvgIpc) is 2.29. The zero-order chi connectivity index (χ0) is 12.1. The van der Waals surface area contributed by atoms with Crippen molar-refractivity contribution in [3.05, 3.63) is 27.7 Å². The molecule has 1 atom stereocenters. The van der Waals surface area contributed by atoms with E-state index in [1.807, 2.05) is 12.1 Å². The van der Waals surface area contributed by atoms with Crippen LogP contribution in [0.1, 0.15) is 0 Å². The van der Waals surface area contributed by atoms with Gasteiger partial charge in [0.1, 0.15) is 4.83 Å². The van der Waals surface area contributed by atoms with Crippen molar-refractivity contribution in [1.82, 2.24) is 0 Å². The summed E-state index contributed by atoms with van der Waals surface area (Å²) in [5.74, 6) is -0.314. The third-order valence-electron chi connectivity index (χ3n) is 1.88. The predicted molar refractivity (Wildman–Crippen MR) is 72.4 cm³/mol. The van der Waals surface area contributed by atoms with Gasteiger partial charge in [0.05, 0.1) is 16.6 Å². The molecule has 0 fully saturated rings. The van der Waals surface area contributed by atoms with Crippen LogP contribution in [0.3, 0.4) is 0 Å². The molecule has 3 nitrogen and oxygen atoms in total. The summed E-state index contributed by atoms with van der Waals surface area (Å²) in [5.41, 5.74) is 0.834. The van der Waals surface area contributed by atoms with Crippen LogP contribution in [-0.4, -0.2) is 24.5 Å². The van der Waals surface area contributed by atoms with Crippen molar-refractivity contribution in [1.29, 1.82) is 0 Å². The molecule has 1 unspecified atom stereocenters. The highest BCUT2D eigenvalue weighted by Crippen LogP contribution is 2.30. The molecule has 1 aromatic carbocycles. The van der Waals surface area contributed by atoms with Crippen molar-refractivity contribution in [2.45, 2.75) is 4.83 Å². The first kappa shape index (κ1) is 13.8. The number of methoxy groups -OCH3 is 1. The minimum atomic E-state index is -0.386. The molecule has 0 aliphatic heterocycles. The molecular formula is C10H10Br2ClNO2. The van der Waals surface area contributed by atoms with E-state index < -0.39 is 0 Å². The lowest BCUT2D eigenvalue weighted by Crippen LogP contribution is -2.24. The predicted octanol–water partition coefficient (Wildman–Crippen LogP) is 3.45. The fourth-order valence-electron chi connectivity index (χ4n) is 1.05. The molecule has 0 aliphatic carbocycles. The Kier molecular flexibility index (Phi) is 5.58. The molecule has 88 valence electrons. The maximum atomic E-state index is 11.1. The van der Waals surface area contributed by atoms with E-state index in [0.29, 0.717) is 11.6 Å². The lowest BCUT2D eigenvalue weighted by molar-refractivity contribution is -0.139. The Balaban J connectivity index is 2.61. The van der Waals surface area contributed by atoms with Crippen molar-refractivity contribution < 1.29 is 9.53 Å². The van der Waals surface area contributed by atoms with Crippen molar-refractivity contribution in [3.63, 3.8) is 0 Å². The zero-order valence-electron chi connectivity index (χ0n) is 8.47. The standard InChI is InChI=1S/C10H10Br2ClNO2/c1-16-10(15)6(11)5-14-8-4-2-3-7(13)9(8)12/h2-4,6,14H,5H2,1H3. The Morgan fingerprint density at radius 1 is 1.62 bits per heavy atom. The molecule has 0 radical (unpaired) electrons. The van der Waals surface area contributed by atoms with Gasteiger partial charge < -0.3 is 10.1 Å². The summed E-state index contributed by atoms with van der Waals surface area (Å²) in [5, 5.41) is 3.71. The second-order valence-electron chi connectivity index (χ2n) is 2.97. The van der Waals surface area contributed by atoms with Gasteiger partial charge in [-0.25, -0.2) is 0 Å². The van der Waals surface area contributed by atoms with Crippen LogP contribution in [0.25, 0.3) is 0 Å². The molecule has 0 amide bonds. The number of benzene rings is 1. The van der Waals surface area contributed by atoms with Gasteiger partial charge in [-0.1, -0.05) is 33.6 Å². The van der Waals surface area contributed by atoms with E-state index in [1.165, 1.54) is 7.11 Å². The fraction of sp³-hybridized carbons (Fsp3) is 0.300. The fourth-order valence-corrected chi connectivity index (χ4v) is 1.98. The van der Waals surface area contributed by atoms with E-state index in [-0.39, 0.29) is 10.8 Å². The van der Waals surface area contributed by atoms with E-state index in [2.05, 4.69) is 41.9 Å². The largest absolute Gasteiger partial charge is 0.468 e. The third-order valence-corrected chi connectivity index (χ3v) is 3.98. The second-order valence-corrected chi connectivity index (χ2v) is 5.28. The van der Waals surface area contributed by atoms with E-state index in [1.54, 1.807) is 6.07 Å². The molecular weight excluding hydrogens is 361 g/mol. The Morgan fingerprint density at radius 3 is 2.94 bits per heavy atom. The number of anilines is 1. The molecule has 0 saturated carbocycles. The van der Waals surface area contributed by atoms with Gasteiger partial charge in [0.2, 0.25) is 0 Å². The number of rotatable bonds is 4. The van der Waals surface area contributed by atoms with Crippen LogP contribution in [0.5, 0.6) is 0 Å². The van der Waals surface area contributed by atoms with Crippen molar-refractivity contribution in [2.75, 3.05) is 19.0 Å². The quantitative estimate of drug-likeness (QED) is 0.651. The summed E-state index contributed by atoms with van der Waals surface area (Å²) < 4.78 is 5.37. The maximum absolute atomic E-state index is 11.1. The molecule has 0 spiro atoms. The van der Waals surface area contributed by atoms with Gasteiger partial charge in [-0.15, -0.1) is 0 Å². The van der Waals surface area contributed by atoms with Crippen LogP contribution >= 0.6 is 43.5 Å².